The number of hydrogen-bond donors (Lipinski definition) is 0. The Balaban J connectivity index is 2.08. The quantitative estimate of drug-likeness (QED) is 0.687. The molecule has 0 unspecified atom stereocenters. The predicted molar refractivity (Wildman–Crippen MR) is 53.5 cm³/mol. The number of aromatic nitrogens is 1. The first-order valence-corrected chi connectivity index (χ1v) is 5.03. The maximum absolute atomic E-state index is 4.38. The lowest BCUT2D eigenvalue weighted by atomic mass is 10.2. The number of nitrogens with zero attached hydrogens (tertiary/aromatic N) is 2. The highest BCUT2D eigenvalue weighted by Crippen LogP contribution is 2.22. The average Bonchev–Trinajstić information content (AvgIpc) is 2.71. The van der Waals surface area contributed by atoms with E-state index in [9.17, 15) is 0 Å². The van der Waals surface area contributed by atoms with Crippen LogP contribution in [0.2, 0.25) is 0 Å². The van der Waals surface area contributed by atoms with Crippen molar-refractivity contribution >= 4 is 0 Å². The highest BCUT2D eigenvalue weighted by Gasteiger charge is 2.19. The first-order chi connectivity index (χ1) is 6.38. The molecule has 2 nitrogen and oxygen atoms in total. The van der Waals surface area contributed by atoms with Crippen LogP contribution < -0.4 is 0 Å². The molecule has 2 heteroatoms. The van der Waals surface area contributed by atoms with Gasteiger partial charge in [-0.15, -0.1) is 0 Å². The summed E-state index contributed by atoms with van der Waals surface area (Å²) in [6, 6.07) is 6.64. The SMILES string of the molecule is C[C@@H](c1ccccn1)N1CCCC1. The van der Waals surface area contributed by atoms with E-state index in [4.69, 9.17) is 0 Å². The summed E-state index contributed by atoms with van der Waals surface area (Å²) in [5, 5.41) is 0. The number of likely N-dealkylation sites (tertiary alicyclic amines) is 1. The molecular formula is C11H16N2. The highest BCUT2D eigenvalue weighted by atomic mass is 15.2. The third-order valence-electron chi connectivity index (χ3n) is 2.80. The van der Waals surface area contributed by atoms with Crippen molar-refractivity contribution in [3.05, 3.63) is 30.1 Å². The second-order valence-corrected chi connectivity index (χ2v) is 3.67. The van der Waals surface area contributed by atoms with E-state index in [-0.39, 0.29) is 0 Å². The van der Waals surface area contributed by atoms with Crippen molar-refractivity contribution in [2.24, 2.45) is 0 Å². The molecule has 1 aliphatic heterocycles. The molecule has 0 aliphatic carbocycles. The van der Waals surface area contributed by atoms with Crippen LogP contribution in [0.4, 0.5) is 0 Å². The summed E-state index contributed by atoms with van der Waals surface area (Å²) in [4.78, 5) is 6.88. The number of pyridine rings is 1. The summed E-state index contributed by atoms with van der Waals surface area (Å²) < 4.78 is 0. The zero-order chi connectivity index (χ0) is 9.10. The van der Waals surface area contributed by atoms with Crippen LogP contribution >= 0.6 is 0 Å². The van der Waals surface area contributed by atoms with Crippen molar-refractivity contribution in [3.8, 4) is 0 Å². The van der Waals surface area contributed by atoms with Crippen molar-refractivity contribution in [2.75, 3.05) is 13.1 Å². The van der Waals surface area contributed by atoms with Gasteiger partial charge in [0.1, 0.15) is 0 Å². The van der Waals surface area contributed by atoms with Gasteiger partial charge in [0.2, 0.25) is 0 Å². The van der Waals surface area contributed by atoms with Crippen LogP contribution in [0.5, 0.6) is 0 Å². The van der Waals surface area contributed by atoms with Crippen molar-refractivity contribution < 1.29 is 0 Å². The van der Waals surface area contributed by atoms with Gasteiger partial charge >= 0.3 is 0 Å². The van der Waals surface area contributed by atoms with Crippen LogP contribution in [0.15, 0.2) is 24.4 Å². The minimum absolute atomic E-state index is 0.490. The standard InChI is InChI=1S/C11H16N2/c1-10(13-8-4-5-9-13)11-6-2-3-7-12-11/h2-3,6-7,10H,4-5,8-9H2,1H3/t10-/m0/s1. The molecule has 0 aromatic carbocycles. The Hall–Kier alpha value is -0.890. The smallest absolute Gasteiger partial charge is 0.0572 e. The molecule has 13 heavy (non-hydrogen) atoms. The molecule has 0 saturated carbocycles. The van der Waals surface area contributed by atoms with Gasteiger partial charge in [-0.2, -0.15) is 0 Å². The van der Waals surface area contributed by atoms with Gasteiger partial charge in [0.05, 0.1) is 5.69 Å². The molecule has 0 spiro atoms. The van der Waals surface area contributed by atoms with E-state index in [1.165, 1.54) is 31.6 Å². The second kappa shape index (κ2) is 3.88. The van der Waals surface area contributed by atoms with Crippen molar-refractivity contribution in [2.45, 2.75) is 25.8 Å². The van der Waals surface area contributed by atoms with E-state index >= 15 is 0 Å². The average molecular weight is 176 g/mol. The summed E-state index contributed by atoms with van der Waals surface area (Å²) in [6.07, 6.45) is 4.57. The maximum Gasteiger partial charge on any atom is 0.0572 e. The Labute approximate surface area is 79.6 Å². The third-order valence-corrected chi connectivity index (χ3v) is 2.80. The van der Waals surface area contributed by atoms with E-state index in [2.05, 4.69) is 28.9 Å². The minimum Gasteiger partial charge on any atom is -0.295 e. The lowest BCUT2D eigenvalue weighted by molar-refractivity contribution is 0.258. The minimum atomic E-state index is 0.490. The Kier molecular flexibility index (Phi) is 2.60. The molecule has 1 saturated heterocycles. The normalized spacial score (nSPS) is 20.4. The third kappa shape index (κ3) is 1.89. The van der Waals surface area contributed by atoms with Crippen LogP contribution in [0.1, 0.15) is 31.5 Å². The fourth-order valence-corrected chi connectivity index (χ4v) is 1.94. The molecule has 1 aromatic heterocycles. The Morgan fingerprint density at radius 3 is 2.69 bits per heavy atom. The largest absolute Gasteiger partial charge is 0.295 e. The van der Waals surface area contributed by atoms with Gasteiger partial charge < -0.3 is 0 Å². The van der Waals surface area contributed by atoms with E-state index in [0.29, 0.717) is 6.04 Å². The molecule has 2 rings (SSSR count). The Bertz CT molecular complexity index is 252. The first-order valence-electron chi connectivity index (χ1n) is 5.03. The molecule has 1 atom stereocenters. The van der Waals surface area contributed by atoms with Crippen molar-refractivity contribution in [3.63, 3.8) is 0 Å². The van der Waals surface area contributed by atoms with Crippen LogP contribution in [-0.4, -0.2) is 23.0 Å². The molecule has 1 fully saturated rings. The molecular weight excluding hydrogens is 160 g/mol. The molecule has 0 radical (unpaired) electrons. The van der Waals surface area contributed by atoms with Crippen molar-refractivity contribution in [1.82, 2.24) is 9.88 Å². The van der Waals surface area contributed by atoms with E-state index in [1.54, 1.807) is 0 Å². The van der Waals surface area contributed by atoms with Gasteiger partial charge in [-0.1, -0.05) is 6.07 Å². The van der Waals surface area contributed by atoms with Gasteiger partial charge in [-0.25, -0.2) is 0 Å². The monoisotopic (exact) mass is 176 g/mol. The molecule has 0 N–H and O–H groups in total. The van der Waals surface area contributed by atoms with E-state index in [1.807, 2.05) is 12.3 Å². The Morgan fingerprint density at radius 2 is 2.08 bits per heavy atom. The van der Waals surface area contributed by atoms with Gasteiger partial charge in [0.25, 0.3) is 0 Å². The number of rotatable bonds is 2. The van der Waals surface area contributed by atoms with E-state index < -0.39 is 0 Å². The fraction of sp³-hybridized carbons (Fsp3) is 0.545. The predicted octanol–water partition coefficient (Wildman–Crippen LogP) is 2.24. The zero-order valence-electron chi connectivity index (χ0n) is 8.11. The van der Waals surface area contributed by atoms with Gasteiger partial charge in [-0.05, 0) is 45.0 Å². The molecule has 70 valence electrons. The molecule has 0 bridgehead atoms. The van der Waals surface area contributed by atoms with Crippen LogP contribution in [-0.2, 0) is 0 Å². The highest BCUT2D eigenvalue weighted by molar-refractivity contribution is 5.08. The van der Waals surface area contributed by atoms with Gasteiger partial charge in [0, 0.05) is 12.2 Å². The van der Waals surface area contributed by atoms with Crippen molar-refractivity contribution in [1.29, 1.82) is 0 Å². The second-order valence-electron chi connectivity index (χ2n) is 3.67. The Morgan fingerprint density at radius 1 is 1.31 bits per heavy atom. The number of hydrogen-bond acceptors (Lipinski definition) is 2. The summed E-state index contributed by atoms with van der Waals surface area (Å²) in [5.41, 5.74) is 1.20. The summed E-state index contributed by atoms with van der Waals surface area (Å²) in [6.45, 7) is 4.71. The zero-order valence-corrected chi connectivity index (χ0v) is 8.11. The van der Waals surface area contributed by atoms with Gasteiger partial charge in [0.15, 0.2) is 0 Å². The lowest BCUT2D eigenvalue weighted by Crippen LogP contribution is -2.23. The van der Waals surface area contributed by atoms with Crippen LogP contribution in [0.25, 0.3) is 0 Å². The lowest BCUT2D eigenvalue weighted by Gasteiger charge is -2.22. The van der Waals surface area contributed by atoms with E-state index in [0.717, 1.165) is 0 Å². The fourth-order valence-electron chi connectivity index (χ4n) is 1.94. The molecule has 1 aromatic rings. The maximum atomic E-state index is 4.38. The summed E-state index contributed by atoms with van der Waals surface area (Å²) in [5.74, 6) is 0. The topological polar surface area (TPSA) is 16.1 Å². The van der Waals surface area contributed by atoms with Crippen LogP contribution in [0.3, 0.4) is 0 Å². The molecule has 2 heterocycles. The van der Waals surface area contributed by atoms with Crippen LogP contribution in [0, 0.1) is 0 Å². The molecule has 0 amide bonds. The summed E-state index contributed by atoms with van der Waals surface area (Å²) >= 11 is 0. The first kappa shape index (κ1) is 8.70. The van der Waals surface area contributed by atoms with Gasteiger partial charge in [-0.3, -0.25) is 9.88 Å². The molecule has 1 aliphatic rings. The summed E-state index contributed by atoms with van der Waals surface area (Å²) in [7, 11) is 0.